The van der Waals surface area contributed by atoms with Crippen LogP contribution in [0.15, 0.2) is 53.7 Å². The number of ether oxygens (including phenoxy) is 1. The first kappa shape index (κ1) is 14.9. The van der Waals surface area contributed by atoms with E-state index in [1.165, 1.54) is 10.5 Å². The van der Waals surface area contributed by atoms with Crippen LogP contribution in [0.1, 0.15) is 12.0 Å². The largest absolute Gasteiger partial charge is 0.385 e. The number of nitrogens with zero attached hydrogens (tertiary/aromatic N) is 1. The fraction of sp³-hybridized carbons (Fsp3) is 0.312. The quantitative estimate of drug-likeness (QED) is 0.591. The summed E-state index contributed by atoms with van der Waals surface area (Å²) in [6.45, 7) is 1.63. The molecule has 0 bridgehead atoms. The first-order chi connectivity index (χ1) is 9.88. The van der Waals surface area contributed by atoms with Crippen LogP contribution < -0.4 is 5.32 Å². The molecule has 0 spiro atoms. The first-order valence-corrected chi connectivity index (χ1v) is 7.71. The molecule has 3 nitrogen and oxygen atoms in total. The van der Waals surface area contributed by atoms with E-state index in [1.54, 1.807) is 13.3 Å². The van der Waals surface area contributed by atoms with Gasteiger partial charge in [0.05, 0.1) is 0 Å². The van der Waals surface area contributed by atoms with E-state index < -0.39 is 0 Å². The molecule has 0 aliphatic heterocycles. The van der Waals surface area contributed by atoms with Gasteiger partial charge in [-0.3, -0.25) is 4.98 Å². The molecule has 106 valence electrons. The summed E-state index contributed by atoms with van der Waals surface area (Å²) in [6, 6.07) is 12.6. The molecule has 0 unspecified atom stereocenters. The molecule has 0 aliphatic carbocycles. The van der Waals surface area contributed by atoms with E-state index >= 15 is 0 Å². The van der Waals surface area contributed by atoms with E-state index in [2.05, 4.69) is 40.6 Å². The van der Waals surface area contributed by atoms with Crippen LogP contribution in [0.5, 0.6) is 0 Å². The maximum atomic E-state index is 5.04. The van der Waals surface area contributed by atoms with E-state index in [-0.39, 0.29) is 0 Å². The minimum Gasteiger partial charge on any atom is -0.385 e. The second-order valence-electron chi connectivity index (χ2n) is 4.43. The highest BCUT2D eigenvalue weighted by molar-refractivity contribution is 7.99. The van der Waals surface area contributed by atoms with E-state index in [4.69, 9.17) is 4.74 Å². The summed E-state index contributed by atoms with van der Waals surface area (Å²) in [7, 11) is 1.74. The average molecular weight is 288 g/mol. The fourth-order valence-corrected chi connectivity index (χ4v) is 2.60. The van der Waals surface area contributed by atoms with Crippen molar-refractivity contribution in [3.8, 4) is 0 Å². The highest BCUT2D eigenvalue weighted by Crippen LogP contribution is 2.21. The van der Waals surface area contributed by atoms with Crippen LogP contribution in [0.25, 0.3) is 0 Å². The van der Waals surface area contributed by atoms with Crippen LogP contribution in [-0.2, 0) is 11.3 Å². The molecule has 0 amide bonds. The number of anilines is 1. The Hall–Kier alpha value is -1.52. The van der Waals surface area contributed by atoms with Gasteiger partial charge >= 0.3 is 0 Å². The van der Waals surface area contributed by atoms with Gasteiger partial charge < -0.3 is 10.1 Å². The Bertz CT molecular complexity index is 488. The van der Waals surface area contributed by atoms with Crippen molar-refractivity contribution in [2.45, 2.75) is 17.9 Å². The maximum absolute atomic E-state index is 5.04. The van der Waals surface area contributed by atoms with E-state index in [0.29, 0.717) is 0 Å². The number of aromatic nitrogens is 1. The molecule has 0 atom stereocenters. The average Bonchev–Trinajstić information content (AvgIpc) is 2.52. The Labute approximate surface area is 124 Å². The summed E-state index contributed by atoms with van der Waals surface area (Å²) < 4.78 is 5.04. The van der Waals surface area contributed by atoms with Crippen molar-refractivity contribution in [2.24, 2.45) is 0 Å². The zero-order valence-electron chi connectivity index (χ0n) is 11.7. The molecule has 20 heavy (non-hydrogen) atoms. The van der Waals surface area contributed by atoms with Crippen molar-refractivity contribution in [1.29, 1.82) is 0 Å². The second-order valence-corrected chi connectivity index (χ2v) is 5.60. The Morgan fingerprint density at radius 1 is 1.20 bits per heavy atom. The maximum Gasteiger partial charge on any atom is 0.0470 e. The third-order valence-corrected chi connectivity index (χ3v) is 3.93. The van der Waals surface area contributed by atoms with E-state index in [0.717, 1.165) is 31.0 Å². The number of thioether (sulfide) groups is 1. The van der Waals surface area contributed by atoms with Crippen molar-refractivity contribution in [2.75, 3.05) is 24.8 Å². The zero-order chi connectivity index (χ0) is 14.0. The van der Waals surface area contributed by atoms with Gasteiger partial charge in [-0.25, -0.2) is 0 Å². The van der Waals surface area contributed by atoms with Crippen LogP contribution in [0.3, 0.4) is 0 Å². The molecule has 1 aromatic carbocycles. The van der Waals surface area contributed by atoms with Gasteiger partial charge in [0, 0.05) is 49.0 Å². The summed E-state index contributed by atoms with van der Waals surface area (Å²) in [6.07, 6.45) is 4.76. The van der Waals surface area contributed by atoms with Gasteiger partial charge in [0.25, 0.3) is 0 Å². The van der Waals surface area contributed by atoms with Crippen LogP contribution in [0, 0.1) is 0 Å². The molecular formula is C16H20N2OS. The molecule has 0 saturated carbocycles. The SMILES string of the molecule is COCCCSc1ccc(NCc2cccnc2)cc1. The van der Waals surface area contributed by atoms with Crippen molar-refractivity contribution in [3.05, 3.63) is 54.4 Å². The van der Waals surface area contributed by atoms with Crippen molar-refractivity contribution >= 4 is 17.4 Å². The molecule has 1 aromatic heterocycles. The lowest BCUT2D eigenvalue weighted by Crippen LogP contribution is -1.99. The van der Waals surface area contributed by atoms with Gasteiger partial charge in [-0.05, 0) is 42.3 Å². The van der Waals surface area contributed by atoms with Gasteiger partial charge in [-0.1, -0.05) is 6.07 Å². The zero-order valence-corrected chi connectivity index (χ0v) is 12.5. The Balaban J connectivity index is 1.76. The molecule has 2 aromatic rings. The van der Waals surface area contributed by atoms with Gasteiger partial charge in [0.1, 0.15) is 0 Å². The minimum atomic E-state index is 0.800. The van der Waals surface area contributed by atoms with Gasteiger partial charge in [0.15, 0.2) is 0 Å². The molecule has 1 N–H and O–H groups in total. The standard InChI is InChI=1S/C16H20N2OS/c1-19-10-3-11-20-16-7-5-15(6-8-16)18-13-14-4-2-9-17-12-14/h2,4-9,12,18H,3,10-11,13H2,1H3. The van der Waals surface area contributed by atoms with E-state index in [1.807, 2.05) is 24.0 Å². The number of rotatable bonds is 8. The first-order valence-electron chi connectivity index (χ1n) is 6.73. The van der Waals surface area contributed by atoms with Gasteiger partial charge in [-0.2, -0.15) is 0 Å². The predicted octanol–water partition coefficient (Wildman–Crippen LogP) is 3.82. The fourth-order valence-electron chi connectivity index (χ4n) is 1.77. The number of nitrogens with one attached hydrogen (secondary N) is 1. The molecule has 4 heteroatoms. The number of hydrogen-bond acceptors (Lipinski definition) is 4. The topological polar surface area (TPSA) is 34.1 Å². The van der Waals surface area contributed by atoms with Crippen molar-refractivity contribution in [3.63, 3.8) is 0 Å². The molecule has 0 aliphatic rings. The van der Waals surface area contributed by atoms with Crippen LogP contribution in [-0.4, -0.2) is 24.5 Å². The third-order valence-electron chi connectivity index (χ3n) is 2.84. The summed E-state index contributed by atoms with van der Waals surface area (Å²) >= 11 is 1.87. The number of hydrogen-bond donors (Lipinski definition) is 1. The lowest BCUT2D eigenvalue weighted by atomic mass is 10.2. The highest BCUT2D eigenvalue weighted by atomic mass is 32.2. The smallest absolute Gasteiger partial charge is 0.0470 e. The lowest BCUT2D eigenvalue weighted by Gasteiger charge is -2.07. The molecule has 0 radical (unpaired) electrons. The van der Waals surface area contributed by atoms with Gasteiger partial charge in [-0.15, -0.1) is 11.8 Å². The molecule has 0 fully saturated rings. The summed E-state index contributed by atoms with van der Waals surface area (Å²) in [4.78, 5) is 5.41. The number of methoxy groups -OCH3 is 1. The summed E-state index contributed by atoms with van der Waals surface area (Å²) in [5.74, 6) is 1.09. The van der Waals surface area contributed by atoms with Crippen LogP contribution >= 0.6 is 11.8 Å². The predicted molar refractivity (Wildman–Crippen MR) is 85.2 cm³/mol. The number of benzene rings is 1. The third kappa shape index (κ3) is 5.23. The van der Waals surface area contributed by atoms with E-state index in [9.17, 15) is 0 Å². The molecule has 2 rings (SSSR count). The second kappa shape index (κ2) is 8.61. The normalized spacial score (nSPS) is 10.4. The Kier molecular flexibility index (Phi) is 6.41. The van der Waals surface area contributed by atoms with Crippen LogP contribution in [0.2, 0.25) is 0 Å². The number of pyridine rings is 1. The molecule has 1 heterocycles. The molecular weight excluding hydrogens is 268 g/mol. The summed E-state index contributed by atoms with van der Waals surface area (Å²) in [5, 5.41) is 3.40. The van der Waals surface area contributed by atoms with Crippen molar-refractivity contribution in [1.82, 2.24) is 4.98 Å². The Morgan fingerprint density at radius 3 is 2.75 bits per heavy atom. The highest BCUT2D eigenvalue weighted by Gasteiger charge is 1.97. The van der Waals surface area contributed by atoms with Crippen molar-refractivity contribution < 1.29 is 4.74 Å². The van der Waals surface area contributed by atoms with Crippen LogP contribution in [0.4, 0.5) is 5.69 Å². The minimum absolute atomic E-state index is 0.800. The van der Waals surface area contributed by atoms with Gasteiger partial charge in [0.2, 0.25) is 0 Å². The lowest BCUT2D eigenvalue weighted by molar-refractivity contribution is 0.200. The molecule has 0 saturated heterocycles. The summed E-state index contributed by atoms with van der Waals surface area (Å²) in [5.41, 5.74) is 2.32. The monoisotopic (exact) mass is 288 g/mol. The Morgan fingerprint density at radius 2 is 2.05 bits per heavy atom.